The van der Waals surface area contributed by atoms with Crippen LogP contribution in [0, 0.1) is 5.92 Å². The molecule has 1 unspecified atom stereocenters. The summed E-state index contributed by atoms with van der Waals surface area (Å²) in [6.45, 7) is 2.05. The van der Waals surface area contributed by atoms with Gasteiger partial charge in [0.15, 0.2) is 6.61 Å². The summed E-state index contributed by atoms with van der Waals surface area (Å²) in [6, 6.07) is 2.26. The van der Waals surface area contributed by atoms with E-state index in [9.17, 15) is 9.59 Å². The average molecular weight is 307 g/mol. The first-order valence-corrected chi connectivity index (χ1v) is 8.55. The number of hydrogen-bond acceptors (Lipinski definition) is 4. The molecule has 1 atom stereocenters. The molecule has 0 bridgehead atoms. The van der Waals surface area contributed by atoms with Gasteiger partial charge < -0.3 is 10.1 Å². The van der Waals surface area contributed by atoms with Gasteiger partial charge in [0.25, 0.3) is 5.91 Å². The minimum absolute atomic E-state index is 0.171. The average Bonchev–Trinajstić information content (AvgIpc) is 3.19. The third-order valence-electron chi connectivity index (χ3n) is 4.24. The molecule has 3 rings (SSSR count). The number of carbonyl (C=O) groups is 2. The summed E-state index contributed by atoms with van der Waals surface area (Å²) in [4.78, 5) is 25.5. The van der Waals surface area contributed by atoms with Crippen molar-refractivity contribution in [3.8, 4) is 0 Å². The minimum Gasteiger partial charge on any atom is -0.451 e. The Kier molecular flexibility index (Phi) is 4.29. The monoisotopic (exact) mass is 307 g/mol. The summed E-state index contributed by atoms with van der Waals surface area (Å²) in [6.07, 6.45) is 6.61. The van der Waals surface area contributed by atoms with Crippen molar-refractivity contribution >= 4 is 23.2 Å². The van der Waals surface area contributed by atoms with Crippen LogP contribution >= 0.6 is 11.3 Å². The second kappa shape index (κ2) is 6.18. The fraction of sp³-hybridized carbons (Fsp3) is 0.625. The lowest BCUT2D eigenvalue weighted by molar-refractivity contribution is -0.124. The summed E-state index contributed by atoms with van der Waals surface area (Å²) < 4.78 is 5.11. The largest absolute Gasteiger partial charge is 0.451 e. The van der Waals surface area contributed by atoms with E-state index in [1.807, 2.05) is 6.07 Å². The standard InChI is InChI=1S/C16H21NO3S/c1-2-10-3-6-13-11(7-10)8-14(21-13)16(19)20-9-15(18)17-12-4-5-12/h8,10,12H,2-7,9H2,1H3,(H,17,18). The molecule has 0 aliphatic heterocycles. The van der Waals surface area contributed by atoms with Gasteiger partial charge in [-0.25, -0.2) is 4.79 Å². The molecular formula is C16H21NO3S. The van der Waals surface area contributed by atoms with E-state index in [4.69, 9.17) is 4.74 Å². The Balaban J connectivity index is 1.55. The van der Waals surface area contributed by atoms with Crippen molar-refractivity contribution < 1.29 is 14.3 Å². The Labute approximate surface area is 128 Å². The van der Waals surface area contributed by atoms with Crippen LogP contribution in [0.5, 0.6) is 0 Å². The number of carbonyl (C=O) groups excluding carboxylic acids is 2. The van der Waals surface area contributed by atoms with Crippen LogP contribution < -0.4 is 5.32 Å². The molecule has 1 saturated carbocycles. The van der Waals surface area contributed by atoms with Crippen LogP contribution in [-0.2, 0) is 22.4 Å². The van der Waals surface area contributed by atoms with E-state index in [2.05, 4.69) is 12.2 Å². The van der Waals surface area contributed by atoms with Gasteiger partial charge in [-0.2, -0.15) is 0 Å². The number of rotatable bonds is 5. The molecule has 1 aromatic rings. The van der Waals surface area contributed by atoms with E-state index in [1.165, 1.54) is 34.6 Å². The van der Waals surface area contributed by atoms with E-state index in [1.54, 1.807) is 0 Å². The lowest BCUT2D eigenvalue weighted by Crippen LogP contribution is -2.30. The highest BCUT2D eigenvalue weighted by Gasteiger charge is 2.25. The van der Waals surface area contributed by atoms with Crippen LogP contribution in [0.15, 0.2) is 6.07 Å². The number of esters is 1. The Morgan fingerprint density at radius 3 is 2.90 bits per heavy atom. The van der Waals surface area contributed by atoms with Crippen LogP contribution in [0.2, 0.25) is 0 Å². The summed E-state index contributed by atoms with van der Waals surface area (Å²) in [7, 11) is 0. The van der Waals surface area contributed by atoms with Gasteiger partial charge in [-0.05, 0) is 49.7 Å². The molecule has 2 aliphatic rings. The lowest BCUT2D eigenvalue weighted by atomic mass is 9.87. The molecule has 4 nitrogen and oxygen atoms in total. The number of fused-ring (bicyclic) bond motifs is 1. The van der Waals surface area contributed by atoms with Gasteiger partial charge in [0.2, 0.25) is 0 Å². The molecular weight excluding hydrogens is 286 g/mol. The second-order valence-corrected chi connectivity index (χ2v) is 7.13. The van der Waals surface area contributed by atoms with Gasteiger partial charge in [-0.15, -0.1) is 11.3 Å². The second-order valence-electron chi connectivity index (χ2n) is 5.99. The van der Waals surface area contributed by atoms with E-state index in [0.717, 1.165) is 31.6 Å². The Hall–Kier alpha value is -1.36. The van der Waals surface area contributed by atoms with Crippen LogP contribution in [0.3, 0.4) is 0 Å². The van der Waals surface area contributed by atoms with Gasteiger partial charge in [-0.3, -0.25) is 4.79 Å². The van der Waals surface area contributed by atoms with Gasteiger partial charge in [0, 0.05) is 10.9 Å². The highest BCUT2D eigenvalue weighted by molar-refractivity contribution is 7.14. The summed E-state index contributed by atoms with van der Waals surface area (Å²) in [5, 5.41) is 2.81. The third kappa shape index (κ3) is 3.64. The molecule has 1 N–H and O–H groups in total. The topological polar surface area (TPSA) is 55.4 Å². The molecule has 0 aromatic carbocycles. The van der Waals surface area contributed by atoms with Crippen LogP contribution in [0.1, 0.15) is 52.7 Å². The molecule has 0 radical (unpaired) electrons. The SMILES string of the molecule is CCC1CCc2sc(C(=O)OCC(=O)NC3CC3)cc2C1. The van der Waals surface area contributed by atoms with Crippen LogP contribution in [0.25, 0.3) is 0 Å². The zero-order valence-corrected chi connectivity index (χ0v) is 13.1. The maximum absolute atomic E-state index is 12.0. The molecule has 1 aromatic heterocycles. The zero-order valence-electron chi connectivity index (χ0n) is 12.3. The Bertz CT molecular complexity index is 548. The van der Waals surface area contributed by atoms with E-state index in [0.29, 0.717) is 10.9 Å². The number of ether oxygens (including phenoxy) is 1. The summed E-state index contributed by atoms with van der Waals surface area (Å²) >= 11 is 1.53. The molecule has 1 amide bonds. The van der Waals surface area contributed by atoms with E-state index in [-0.39, 0.29) is 18.5 Å². The summed E-state index contributed by atoms with van der Waals surface area (Å²) in [5.74, 6) is 0.173. The first-order chi connectivity index (χ1) is 10.2. The van der Waals surface area contributed by atoms with Crippen molar-refractivity contribution in [3.05, 3.63) is 21.4 Å². The van der Waals surface area contributed by atoms with Gasteiger partial charge in [-0.1, -0.05) is 13.3 Å². The first kappa shape index (κ1) is 14.6. The van der Waals surface area contributed by atoms with E-state index < -0.39 is 0 Å². The van der Waals surface area contributed by atoms with Gasteiger partial charge in [0.05, 0.1) is 0 Å². The minimum atomic E-state index is -0.367. The van der Waals surface area contributed by atoms with Gasteiger partial charge >= 0.3 is 5.97 Å². The molecule has 1 heterocycles. The third-order valence-corrected chi connectivity index (χ3v) is 5.46. The quantitative estimate of drug-likeness (QED) is 0.851. The van der Waals surface area contributed by atoms with Crippen LogP contribution in [-0.4, -0.2) is 24.5 Å². The normalized spacial score (nSPS) is 20.7. The van der Waals surface area contributed by atoms with Crippen LogP contribution in [0.4, 0.5) is 0 Å². The number of amides is 1. The predicted octanol–water partition coefficient (Wildman–Crippen LogP) is 2.70. The van der Waals surface area contributed by atoms with Crippen molar-refractivity contribution in [2.24, 2.45) is 5.92 Å². The Morgan fingerprint density at radius 1 is 1.38 bits per heavy atom. The van der Waals surface area contributed by atoms with Crippen molar-refractivity contribution in [2.45, 2.75) is 51.5 Å². The molecule has 2 aliphatic carbocycles. The molecule has 0 saturated heterocycles. The molecule has 5 heteroatoms. The fourth-order valence-corrected chi connectivity index (χ4v) is 3.85. The Morgan fingerprint density at radius 2 is 2.19 bits per heavy atom. The molecule has 0 spiro atoms. The van der Waals surface area contributed by atoms with E-state index >= 15 is 0 Å². The highest BCUT2D eigenvalue weighted by atomic mass is 32.1. The van der Waals surface area contributed by atoms with Crippen molar-refractivity contribution in [3.63, 3.8) is 0 Å². The highest BCUT2D eigenvalue weighted by Crippen LogP contribution is 2.33. The molecule has 1 fully saturated rings. The predicted molar refractivity (Wildman–Crippen MR) is 81.6 cm³/mol. The van der Waals surface area contributed by atoms with Gasteiger partial charge in [0.1, 0.15) is 4.88 Å². The smallest absolute Gasteiger partial charge is 0.348 e. The van der Waals surface area contributed by atoms with Crippen molar-refractivity contribution in [1.82, 2.24) is 5.32 Å². The summed E-state index contributed by atoms with van der Waals surface area (Å²) in [5.41, 5.74) is 1.30. The van der Waals surface area contributed by atoms with Crippen molar-refractivity contribution in [2.75, 3.05) is 6.61 Å². The number of aryl methyl sites for hydroxylation is 1. The fourth-order valence-electron chi connectivity index (χ4n) is 2.75. The van der Waals surface area contributed by atoms with Crippen molar-refractivity contribution in [1.29, 1.82) is 0 Å². The number of nitrogens with one attached hydrogen (secondary N) is 1. The zero-order chi connectivity index (χ0) is 14.8. The molecule has 21 heavy (non-hydrogen) atoms. The number of thiophene rings is 1. The molecule has 114 valence electrons. The lowest BCUT2D eigenvalue weighted by Gasteiger charge is -2.19. The number of hydrogen-bond donors (Lipinski definition) is 1. The maximum atomic E-state index is 12.0. The first-order valence-electron chi connectivity index (χ1n) is 7.73. The maximum Gasteiger partial charge on any atom is 0.348 e.